The minimum absolute atomic E-state index is 0.368. The third kappa shape index (κ3) is 4.02. The molecular formula is C18H18O3. The van der Waals surface area contributed by atoms with E-state index in [0.717, 1.165) is 24.0 Å². The van der Waals surface area contributed by atoms with Crippen molar-refractivity contribution in [1.29, 1.82) is 0 Å². The molecule has 0 aliphatic rings. The third-order valence-corrected chi connectivity index (χ3v) is 3.34. The number of benzene rings is 2. The molecule has 2 rings (SSSR count). The minimum atomic E-state index is -1.10. The summed E-state index contributed by atoms with van der Waals surface area (Å²) in [5.74, 6) is -1.47. The number of hydrogen-bond donors (Lipinski definition) is 1. The lowest BCUT2D eigenvalue weighted by Crippen LogP contribution is -2.06. The quantitative estimate of drug-likeness (QED) is 0.644. The predicted octanol–water partition coefficient (Wildman–Crippen LogP) is 3.96. The van der Waals surface area contributed by atoms with Crippen LogP contribution in [0.1, 0.15) is 35.7 Å². The van der Waals surface area contributed by atoms with E-state index in [9.17, 15) is 9.59 Å². The summed E-state index contributed by atoms with van der Waals surface area (Å²) in [7, 11) is 0. The first-order valence-corrected chi connectivity index (χ1v) is 7.04. The van der Waals surface area contributed by atoms with Crippen LogP contribution in [-0.4, -0.2) is 16.9 Å². The fourth-order valence-corrected chi connectivity index (χ4v) is 2.24. The molecule has 0 aliphatic heterocycles. The molecule has 21 heavy (non-hydrogen) atoms. The van der Waals surface area contributed by atoms with Crippen molar-refractivity contribution in [3.63, 3.8) is 0 Å². The molecule has 0 atom stereocenters. The Labute approximate surface area is 124 Å². The number of hydrogen-bond acceptors (Lipinski definition) is 2. The highest BCUT2D eigenvalue weighted by Crippen LogP contribution is 2.21. The number of carboxylic acids is 1. The van der Waals surface area contributed by atoms with E-state index in [-0.39, 0.29) is 5.78 Å². The molecule has 0 radical (unpaired) electrons. The van der Waals surface area contributed by atoms with Crippen LogP contribution in [0, 0.1) is 0 Å². The molecule has 108 valence electrons. The molecule has 0 heterocycles. The number of carboxylic acid groups (broad SMARTS) is 1. The number of carbonyl (C=O) groups is 2. The van der Waals surface area contributed by atoms with Gasteiger partial charge in [0.05, 0.1) is 0 Å². The maximum absolute atomic E-state index is 11.6. The van der Waals surface area contributed by atoms with Gasteiger partial charge in [0.1, 0.15) is 6.42 Å². The highest BCUT2D eigenvalue weighted by molar-refractivity contribution is 6.05. The van der Waals surface area contributed by atoms with Crippen molar-refractivity contribution in [1.82, 2.24) is 0 Å². The van der Waals surface area contributed by atoms with Crippen LogP contribution in [-0.2, 0) is 11.2 Å². The molecule has 0 aromatic heterocycles. The lowest BCUT2D eigenvalue weighted by atomic mass is 10.00. The zero-order valence-electron chi connectivity index (χ0n) is 12.0. The number of aryl methyl sites for hydroxylation is 1. The molecule has 2 aromatic rings. The smallest absolute Gasteiger partial charge is 0.311 e. The van der Waals surface area contributed by atoms with E-state index in [1.54, 1.807) is 12.1 Å². The third-order valence-electron chi connectivity index (χ3n) is 3.34. The molecule has 0 fully saturated rings. The van der Waals surface area contributed by atoms with Gasteiger partial charge in [0, 0.05) is 5.56 Å². The summed E-state index contributed by atoms with van der Waals surface area (Å²) in [5, 5.41) is 8.63. The van der Waals surface area contributed by atoms with Gasteiger partial charge >= 0.3 is 5.97 Å². The van der Waals surface area contributed by atoms with Crippen LogP contribution in [0.3, 0.4) is 0 Å². The Morgan fingerprint density at radius 3 is 1.90 bits per heavy atom. The SMILES string of the molecule is CCCc1ccc(-c2ccc(C(=O)CC(=O)O)cc2)cc1. The van der Waals surface area contributed by atoms with E-state index in [1.165, 1.54) is 5.56 Å². The van der Waals surface area contributed by atoms with Crippen LogP contribution in [0.5, 0.6) is 0 Å². The summed E-state index contributed by atoms with van der Waals surface area (Å²) in [6.45, 7) is 2.15. The van der Waals surface area contributed by atoms with Gasteiger partial charge in [-0.2, -0.15) is 0 Å². The van der Waals surface area contributed by atoms with Gasteiger partial charge in [-0.1, -0.05) is 61.9 Å². The van der Waals surface area contributed by atoms with Crippen molar-refractivity contribution in [3.8, 4) is 11.1 Å². The summed E-state index contributed by atoms with van der Waals surface area (Å²) in [6.07, 6.45) is 1.73. The molecule has 0 spiro atoms. The monoisotopic (exact) mass is 282 g/mol. The molecule has 3 heteroatoms. The Balaban J connectivity index is 2.14. The van der Waals surface area contributed by atoms with E-state index in [0.29, 0.717) is 5.56 Å². The second-order valence-corrected chi connectivity index (χ2v) is 5.02. The van der Waals surface area contributed by atoms with Gasteiger partial charge < -0.3 is 5.11 Å². The van der Waals surface area contributed by atoms with Gasteiger partial charge in [-0.05, 0) is 23.1 Å². The van der Waals surface area contributed by atoms with Crippen LogP contribution in [0.15, 0.2) is 48.5 Å². The second kappa shape index (κ2) is 6.84. The molecule has 0 bridgehead atoms. The van der Waals surface area contributed by atoms with Gasteiger partial charge in [0.25, 0.3) is 0 Å². The minimum Gasteiger partial charge on any atom is -0.481 e. The Morgan fingerprint density at radius 2 is 1.43 bits per heavy atom. The molecule has 3 nitrogen and oxygen atoms in total. The van der Waals surface area contributed by atoms with E-state index >= 15 is 0 Å². The first-order chi connectivity index (χ1) is 10.1. The van der Waals surface area contributed by atoms with Crippen molar-refractivity contribution in [2.45, 2.75) is 26.2 Å². The summed E-state index contributed by atoms with van der Waals surface area (Å²) in [6, 6.07) is 15.4. The highest BCUT2D eigenvalue weighted by Gasteiger charge is 2.10. The molecule has 2 aromatic carbocycles. The van der Waals surface area contributed by atoms with Gasteiger partial charge in [0.2, 0.25) is 0 Å². The van der Waals surface area contributed by atoms with Crippen LogP contribution in [0.2, 0.25) is 0 Å². The molecule has 1 N–H and O–H groups in total. The average molecular weight is 282 g/mol. The van der Waals surface area contributed by atoms with Gasteiger partial charge in [-0.3, -0.25) is 9.59 Å². The fraction of sp³-hybridized carbons (Fsp3) is 0.222. The van der Waals surface area contributed by atoms with Gasteiger partial charge in [-0.25, -0.2) is 0 Å². The zero-order chi connectivity index (χ0) is 15.2. The van der Waals surface area contributed by atoms with E-state index in [2.05, 4.69) is 31.2 Å². The standard InChI is InChI=1S/C18H18O3/c1-2-3-13-4-6-14(7-5-13)15-8-10-16(11-9-15)17(19)12-18(20)21/h4-11H,2-3,12H2,1H3,(H,20,21). The number of carbonyl (C=O) groups excluding carboxylic acids is 1. The molecule has 0 unspecified atom stereocenters. The van der Waals surface area contributed by atoms with Crippen LogP contribution in [0.25, 0.3) is 11.1 Å². The number of aliphatic carboxylic acids is 1. The van der Waals surface area contributed by atoms with E-state index in [4.69, 9.17) is 5.11 Å². The second-order valence-electron chi connectivity index (χ2n) is 5.02. The van der Waals surface area contributed by atoms with Crippen LogP contribution < -0.4 is 0 Å². The number of rotatable bonds is 6. The van der Waals surface area contributed by atoms with Crippen molar-refractivity contribution in [2.24, 2.45) is 0 Å². The van der Waals surface area contributed by atoms with Gasteiger partial charge in [0.15, 0.2) is 5.78 Å². The average Bonchev–Trinajstić information content (AvgIpc) is 2.48. The van der Waals surface area contributed by atoms with E-state index < -0.39 is 12.4 Å². The van der Waals surface area contributed by atoms with Crippen LogP contribution in [0.4, 0.5) is 0 Å². The lowest BCUT2D eigenvalue weighted by Gasteiger charge is -2.05. The molecule has 0 amide bonds. The Hall–Kier alpha value is -2.42. The van der Waals surface area contributed by atoms with Crippen molar-refractivity contribution in [3.05, 3.63) is 59.7 Å². The number of Topliss-reactive ketones (excluding diaryl/α,β-unsaturated/α-hetero) is 1. The maximum Gasteiger partial charge on any atom is 0.311 e. The van der Waals surface area contributed by atoms with Crippen molar-refractivity contribution in [2.75, 3.05) is 0 Å². The summed E-state index contributed by atoms with van der Waals surface area (Å²) in [4.78, 5) is 22.2. The summed E-state index contributed by atoms with van der Waals surface area (Å²) < 4.78 is 0. The molecule has 0 aliphatic carbocycles. The normalized spacial score (nSPS) is 10.3. The van der Waals surface area contributed by atoms with Crippen molar-refractivity contribution >= 4 is 11.8 Å². The van der Waals surface area contributed by atoms with Crippen LogP contribution >= 0.6 is 0 Å². The topological polar surface area (TPSA) is 54.4 Å². The Morgan fingerprint density at radius 1 is 0.905 bits per heavy atom. The molecule has 0 saturated carbocycles. The summed E-state index contributed by atoms with van der Waals surface area (Å²) >= 11 is 0. The lowest BCUT2D eigenvalue weighted by molar-refractivity contribution is -0.135. The largest absolute Gasteiger partial charge is 0.481 e. The zero-order valence-corrected chi connectivity index (χ0v) is 12.0. The van der Waals surface area contributed by atoms with Crippen molar-refractivity contribution < 1.29 is 14.7 Å². The molecule has 0 saturated heterocycles. The Bertz CT molecular complexity index is 625. The first kappa shape index (κ1) is 15.0. The molecular weight excluding hydrogens is 264 g/mol. The highest BCUT2D eigenvalue weighted by atomic mass is 16.4. The fourth-order valence-electron chi connectivity index (χ4n) is 2.24. The Kier molecular flexibility index (Phi) is 4.88. The first-order valence-electron chi connectivity index (χ1n) is 7.04. The maximum atomic E-state index is 11.6. The summed E-state index contributed by atoms with van der Waals surface area (Å²) in [5.41, 5.74) is 3.86. The number of ketones is 1. The van der Waals surface area contributed by atoms with E-state index in [1.807, 2.05) is 12.1 Å². The van der Waals surface area contributed by atoms with Gasteiger partial charge in [-0.15, -0.1) is 0 Å². The predicted molar refractivity (Wildman–Crippen MR) is 82.5 cm³/mol.